The van der Waals surface area contributed by atoms with E-state index in [0.29, 0.717) is 0 Å². The number of hydrogen-bond donors (Lipinski definition) is 2. The van der Waals surface area contributed by atoms with Crippen molar-refractivity contribution in [2.24, 2.45) is 0 Å². The van der Waals surface area contributed by atoms with Crippen molar-refractivity contribution in [3.05, 3.63) is 41.3 Å². The summed E-state index contributed by atoms with van der Waals surface area (Å²) in [5, 5.41) is 12.5. The molecule has 0 radical (unpaired) electrons. The number of carbonyl (C=O) groups excluding carboxylic acids is 1. The van der Waals surface area contributed by atoms with Crippen LogP contribution in [0.25, 0.3) is 0 Å². The summed E-state index contributed by atoms with van der Waals surface area (Å²) >= 11 is 1.16. The van der Waals surface area contributed by atoms with E-state index >= 15 is 0 Å². The van der Waals surface area contributed by atoms with Gasteiger partial charge in [0.15, 0.2) is 0 Å². The average Bonchev–Trinajstić information content (AvgIpc) is 2.87. The molecule has 0 aliphatic carbocycles. The van der Waals surface area contributed by atoms with Gasteiger partial charge in [-0.15, -0.1) is 11.3 Å². The van der Waals surface area contributed by atoms with E-state index in [9.17, 15) is 9.59 Å². The van der Waals surface area contributed by atoms with Crippen LogP contribution in [0, 0.1) is 0 Å². The molecule has 0 atom stereocenters. The fourth-order valence-corrected chi connectivity index (χ4v) is 2.88. The van der Waals surface area contributed by atoms with E-state index in [1.807, 2.05) is 29.2 Å². The molecule has 1 aromatic heterocycles. The number of nitrogens with zero attached hydrogens (tertiary/aromatic N) is 1. The van der Waals surface area contributed by atoms with E-state index < -0.39 is 5.97 Å². The Morgan fingerprint density at radius 1 is 1.26 bits per heavy atom. The second kappa shape index (κ2) is 4.40. The molecule has 0 saturated carbocycles. The first kappa shape index (κ1) is 11.7. The van der Waals surface area contributed by atoms with Crippen molar-refractivity contribution in [1.82, 2.24) is 0 Å². The van der Waals surface area contributed by atoms with Gasteiger partial charge in [0.25, 0.3) is 0 Å². The minimum atomic E-state index is -0.953. The first-order chi connectivity index (χ1) is 9.15. The van der Waals surface area contributed by atoms with Gasteiger partial charge in [0, 0.05) is 0 Å². The molecule has 2 heterocycles. The highest BCUT2D eigenvalue weighted by atomic mass is 32.1. The van der Waals surface area contributed by atoms with Gasteiger partial charge in [0.05, 0.1) is 16.4 Å². The number of para-hydroxylation sites is 2. The molecule has 1 aromatic carbocycles. The number of nitrogens with one attached hydrogen (secondary N) is 1. The topological polar surface area (TPSA) is 69.6 Å². The second-order valence-electron chi connectivity index (χ2n) is 4.09. The third-order valence-electron chi connectivity index (χ3n) is 2.84. The molecular weight excluding hydrogens is 264 g/mol. The van der Waals surface area contributed by atoms with Gasteiger partial charge in [-0.25, -0.2) is 4.79 Å². The zero-order valence-corrected chi connectivity index (χ0v) is 10.6. The Morgan fingerprint density at radius 3 is 2.79 bits per heavy atom. The number of carboxylic acids is 1. The lowest BCUT2D eigenvalue weighted by molar-refractivity contribution is -0.115. The van der Waals surface area contributed by atoms with Gasteiger partial charge in [-0.2, -0.15) is 0 Å². The van der Waals surface area contributed by atoms with E-state index in [4.69, 9.17) is 5.11 Å². The highest BCUT2D eigenvalue weighted by molar-refractivity contribution is 7.18. The summed E-state index contributed by atoms with van der Waals surface area (Å²) in [6.45, 7) is 0.191. The van der Waals surface area contributed by atoms with Crippen molar-refractivity contribution in [3.63, 3.8) is 0 Å². The van der Waals surface area contributed by atoms with Gasteiger partial charge in [0.1, 0.15) is 11.4 Å². The quantitative estimate of drug-likeness (QED) is 0.883. The van der Waals surface area contributed by atoms with Crippen molar-refractivity contribution < 1.29 is 14.7 Å². The molecule has 1 aliphatic heterocycles. The smallest absolute Gasteiger partial charge is 0.345 e. The van der Waals surface area contributed by atoms with Crippen LogP contribution in [0.5, 0.6) is 0 Å². The van der Waals surface area contributed by atoms with Crippen molar-refractivity contribution in [3.8, 4) is 0 Å². The fourth-order valence-electron chi connectivity index (χ4n) is 2.02. The van der Waals surface area contributed by atoms with Gasteiger partial charge < -0.3 is 15.3 Å². The van der Waals surface area contributed by atoms with E-state index in [-0.39, 0.29) is 17.3 Å². The predicted molar refractivity (Wildman–Crippen MR) is 73.4 cm³/mol. The molecule has 0 spiro atoms. The molecule has 0 fully saturated rings. The lowest BCUT2D eigenvalue weighted by Gasteiger charge is -2.29. The zero-order valence-electron chi connectivity index (χ0n) is 9.79. The number of carbonyl (C=O) groups is 2. The lowest BCUT2D eigenvalue weighted by Crippen LogP contribution is -2.34. The molecule has 1 amide bonds. The molecule has 96 valence electrons. The molecule has 1 aliphatic rings. The molecule has 2 N–H and O–H groups in total. The Morgan fingerprint density at radius 2 is 2.05 bits per heavy atom. The molecular formula is C13H10N2O3S. The standard InChI is InChI=1S/C13H10N2O3S/c16-11-7-15(9-4-2-1-3-8(9)14-11)12-6-5-10(19-12)13(17)18/h1-6H,7H2,(H,14,16)(H,17,18). The Labute approximate surface area is 113 Å². The van der Waals surface area contributed by atoms with Crippen molar-refractivity contribution in [2.75, 3.05) is 16.8 Å². The molecule has 2 aromatic rings. The van der Waals surface area contributed by atoms with Crippen LogP contribution in [0.2, 0.25) is 0 Å². The molecule has 5 nitrogen and oxygen atoms in total. The summed E-state index contributed by atoms with van der Waals surface area (Å²) in [4.78, 5) is 24.7. The van der Waals surface area contributed by atoms with Crippen LogP contribution in [0.1, 0.15) is 9.67 Å². The summed E-state index contributed by atoms with van der Waals surface area (Å²) in [5.74, 6) is -1.06. The average molecular weight is 274 g/mol. The van der Waals surface area contributed by atoms with E-state index in [0.717, 1.165) is 27.7 Å². The normalized spacial score (nSPS) is 13.9. The SMILES string of the molecule is O=C1CN(c2ccc(C(=O)O)s2)c2ccccc2N1. The Kier molecular flexibility index (Phi) is 2.72. The third-order valence-corrected chi connectivity index (χ3v) is 3.94. The maximum Gasteiger partial charge on any atom is 0.345 e. The lowest BCUT2D eigenvalue weighted by atomic mass is 10.2. The van der Waals surface area contributed by atoms with E-state index in [1.54, 1.807) is 12.1 Å². The molecule has 19 heavy (non-hydrogen) atoms. The van der Waals surface area contributed by atoms with Crippen molar-refractivity contribution >= 4 is 39.6 Å². The Hall–Kier alpha value is -2.34. The largest absolute Gasteiger partial charge is 0.477 e. The van der Waals surface area contributed by atoms with Gasteiger partial charge in [0.2, 0.25) is 5.91 Å². The summed E-state index contributed by atoms with van der Waals surface area (Å²) in [6, 6.07) is 10.7. The van der Waals surface area contributed by atoms with E-state index in [2.05, 4.69) is 5.32 Å². The molecule has 6 heteroatoms. The first-order valence-electron chi connectivity index (χ1n) is 5.65. The van der Waals surface area contributed by atoms with Crippen LogP contribution in [0.4, 0.5) is 16.4 Å². The molecule has 0 saturated heterocycles. The molecule has 3 rings (SSSR count). The van der Waals surface area contributed by atoms with Crippen LogP contribution >= 0.6 is 11.3 Å². The number of aromatic carboxylic acids is 1. The summed E-state index contributed by atoms with van der Waals surface area (Å²) in [6.07, 6.45) is 0. The number of rotatable bonds is 2. The number of carboxylic acid groups (broad SMARTS) is 1. The number of hydrogen-bond acceptors (Lipinski definition) is 4. The first-order valence-corrected chi connectivity index (χ1v) is 6.46. The monoisotopic (exact) mass is 274 g/mol. The fraction of sp³-hybridized carbons (Fsp3) is 0.0769. The number of thiophene rings is 1. The van der Waals surface area contributed by atoms with Crippen LogP contribution < -0.4 is 10.2 Å². The Bertz CT molecular complexity index is 665. The predicted octanol–water partition coefficient (Wildman–Crippen LogP) is 2.54. The van der Waals surface area contributed by atoms with Crippen molar-refractivity contribution in [1.29, 1.82) is 0 Å². The highest BCUT2D eigenvalue weighted by Gasteiger charge is 2.24. The van der Waals surface area contributed by atoms with Crippen LogP contribution in [-0.2, 0) is 4.79 Å². The number of benzene rings is 1. The molecule has 0 unspecified atom stereocenters. The maximum absolute atomic E-state index is 11.7. The maximum atomic E-state index is 11.7. The van der Waals surface area contributed by atoms with Crippen LogP contribution in [0.3, 0.4) is 0 Å². The van der Waals surface area contributed by atoms with E-state index in [1.165, 1.54) is 0 Å². The number of anilines is 3. The van der Waals surface area contributed by atoms with Gasteiger partial charge in [-0.05, 0) is 24.3 Å². The summed E-state index contributed by atoms with van der Waals surface area (Å²) < 4.78 is 0. The van der Waals surface area contributed by atoms with Crippen LogP contribution in [0.15, 0.2) is 36.4 Å². The number of amides is 1. The second-order valence-corrected chi connectivity index (χ2v) is 5.16. The molecule has 0 bridgehead atoms. The van der Waals surface area contributed by atoms with Crippen molar-refractivity contribution in [2.45, 2.75) is 0 Å². The minimum Gasteiger partial charge on any atom is -0.477 e. The highest BCUT2D eigenvalue weighted by Crippen LogP contribution is 2.38. The zero-order chi connectivity index (χ0) is 13.4. The van der Waals surface area contributed by atoms with Gasteiger partial charge >= 0.3 is 5.97 Å². The third kappa shape index (κ3) is 2.06. The number of fused-ring (bicyclic) bond motifs is 1. The summed E-state index contributed by atoms with van der Waals surface area (Å²) in [5.41, 5.74) is 1.62. The minimum absolute atomic E-state index is 0.107. The summed E-state index contributed by atoms with van der Waals surface area (Å²) in [7, 11) is 0. The van der Waals surface area contributed by atoms with Crippen LogP contribution in [-0.4, -0.2) is 23.5 Å². The Balaban J connectivity index is 2.04. The van der Waals surface area contributed by atoms with Gasteiger partial charge in [-0.1, -0.05) is 12.1 Å². The van der Waals surface area contributed by atoms with Gasteiger partial charge in [-0.3, -0.25) is 4.79 Å².